The third-order valence-corrected chi connectivity index (χ3v) is 2.79. The van der Waals surface area contributed by atoms with Gasteiger partial charge in [-0.15, -0.1) is 0 Å². The van der Waals surface area contributed by atoms with E-state index in [1.807, 2.05) is 16.9 Å². The van der Waals surface area contributed by atoms with E-state index in [1.165, 1.54) is 5.56 Å². The lowest BCUT2D eigenvalue weighted by Crippen LogP contribution is -2.22. The Bertz CT molecular complexity index is 433. The molecule has 0 saturated heterocycles. The van der Waals surface area contributed by atoms with E-state index in [1.54, 1.807) is 12.5 Å². The first-order chi connectivity index (χ1) is 8.35. The molecule has 4 heteroatoms. The molecule has 0 aromatic carbocycles. The van der Waals surface area contributed by atoms with Crippen molar-refractivity contribution < 1.29 is 4.42 Å². The van der Waals surface area contributed by atoms with Gasteiger partial charge in [0.05, 0.1) is 24.8 Å². The van der Waals surface area contributed by atoms with E-state index in [4.69, 9.17) is 4.42 Å². The lowest BCUT2D eigenvalue weighted by Gasteiger charge is -2.15. The highest BCUT2D eigenvalue weighted by molar-refractivity contribution is 5.25. The van der Waals surface area contributed by atoms with E-state index in [-0.39, 0.29) is 6.04 Å². The molecule has 4 nitrogen and oxygen atoms in total. The van der Waals surface area contributed by atoms with E-state index in [0.717, 1.165) is 25.1 Å². The van der Waals surface area contributed by atoms with E-state index < -0.39 is 0 Å². The van der Waals surface area contributed by atoms with Gasteiger partial charge < -0.3 is 9.73 Å². The number of furan rings is 1. The van der Waals surface area contributed by atoms with Crippen molar-refractivity contribution in [2.45, 2.75) is 32.9 Å². The maximum atomic E-state index is 5.16. The summed E-state index contributed by atoms with van der Waals surface area (Å²) in [5.41, 5.74) is 2.33. The maximum Gasteiger partial charge on any atom is 0.0953 e. The highest BCUT2D eigenvalue weighted by Crippen LogP contribution is 2.21. The summed E-state index contributed by atoms with van der Waals surface area (Å²) in [5.74, 6) is 0. The Morgan fingerprint density at radius 3 is 2.88 bits per heavy atom. The molecule has 0 saturated carbocycles. The maximum absolute atomic E-state index is 5.16. The second-order valence-electron chi connectivity index (χ2n) is 4.07. The highest BCUT2D eigenvalue weighted by atomic mass is 16.3. The topological polar surface area (TPSA) is 43.0 Å². The zero-order chi connectivity index (χ0) is 12.1. The minimum atomic E-state index is 0.175. The summed E-state index contributed by atoms with van der Waals surface area (Å²) < 4.78 is 7.10. The summed E-state index contributed by atoms with van der Waals surface area (Å²) >= 11 is 0. The predicted molar refractivity (Wildman–Crippen MR) is 66.7 cm³/mol. The molecule has 2 aromatic heterocycles. The van der Waals surface area contributed by atoms with Crippen LogP contribution >= 0.6 is 0 Å². The molecule has 2 rings (SSSR count). The van der Waals surface area contributed by atoms with Gasteiger partial charge in [-0.2, -0.15) is 5.10 Å². The molecule has 0 spiro atoms. The van der Waals surface area contributed by atoms with E-state index in [0.29, 0.717) is 0 Å². The number of aryl methyl sites for hydroxylation is 1. The van der Waals surface area contributed by atoms with Crippen LogP contribution in [-0.4, -0.2) is 16.3 Å². The Morgan fingerprint density at radius 2 is 2.29 bits per heavy atom. The van der Waals surface area contributed by atoms with Gasteiger partial charge >= 0.3 is 0 Å². The predicted octanol–water partition coefficient (Wildman–Crippen LogP) is 2.59. The molecule has 0 bridgehead atoms. The van der Waals surface area contributed by atoms with Crippen molar-refractivity contribution in [1.82, 2.24) is 15.1 Å². The second kappa shape index (κ2) is 5.68. The first kappa shape index (κ1) is 11.9. The molecule has 17 heavy (non-hydrogen) atoms. The minimum absolute atomic E-state index is 0.175. The summed E-state index contributed by atoms with van der Waals surface area (Å²) in [4.78, 5) is 0. The van der Waals surface area contributed by atoms with Crippen LogP contribution in [0.4, 0.5) is 0 Å². The Kier molecular flexibility index (Phi) is 3.98. The molecule has 1 unspecified atom stereocenters. The monoisotopic (exact) mass is 233 g/mol. The van der Waals surface area contributed by atoms with E-state index in [2.05, 4.69) is 30.5 Å². The van der Waals surface area contributed by atoms with Crippen LogP contribution in [-0.2, 0) is 6.54 Å². The largest absolute Gasteiger partial charge is 0.472 e. The number of aromatic nitrogens is 2. The van der Waals surface area contributed by atoms with Crippen molar-refractivity contribution >= 4 is 0 Å². The summed E-state index contributed by atoms with van der Waals surface area (Å²) in [7, 11) is 0. The second-order valence-corrected chi connectivity index (χ2v) is 4.07. The van der Waals surface area contributed by atoms with Gasteiger partial charge in [0.1, 0.15) is 0 Å². The summed E-state index contributed by atoms with van der Waals surface area (Å²) in [5, 5.41) is 7.83. The number of hydrogen-bond acceptors (Lipinski definition) is 3. The van der Waals surface area contributed by atoms with Crippen molar-refractivity contribution in [1.29, 1.82) is 0 Å². The standard InChI is InChI=1S/C13H19N3O/c1-3-6-14-13(11-5-7-17-10-11)12-8-15-16(4-2)9-12/h5,7-10,13-14H,3-4,6H2,1-2H3. The lowest BCUT2D eigenvalue weighted by atomic mass is 10.1. The average molecular weight is 233 g/mol. The molecule has 92 valence electrons. The van der Waals surface area contributed by atoms with Gasteiger partial charge in [-0.1, -0.05) is 6.92 Å². The van der Waals surface area contributed by atoms with Gasteiger partial charge in [0, 0.05) is 23.9 Å². The minimum Gasteiger partial charge on any atom is -0.472 e. The smallest absolute Gasteiger partial charge is 0.0953 e. The molecule has 0 amide bonds. The van der Waals surface area contributed by atoms with Crippen molar-refractivity contribution in [3.63, 3.8) is 0 Å². The van der Waals surface area contributed by atoms with Crippen LogP contribution in [0.5, 0.6) is 0 Å². The highest BCUT2D eigenvalue weighted by Gasteiger charge is 2.15. The number of hydrogen-bond donors (Lipinski definition) is 1. The Hall–Kier alpha value is -1.55. The SMILES string of the molecule is CCCNC(c1ccoc1)c1cnn(CC)c1. The zero-order valence-electron chi connectivity index (χ0n) is 10.4. The Labute approximate surface area is 102 Å². The summed E-state index contributed by atoms with van der Waals surface area (Å²) in [6, 6.07) is 2.17. The van der Waals surface area contributed by atoms with E-state index >= 15 is 0 Å². The van der Waals surface area contributed by atoms with Crippen LogP contribution < -0.4 is 5.32 Å². The normalized spacial score (nSPS) is 12.8. The van der Waals surface area contributed by atoms with E-state index in [9.17, 15) is 0 Å². The van der Waals surface area contributed by atoms with Crippen LogP contribution in [0, 0.1) is 0 Å². The molecular formula is C13H19N3O. The van der Waals surface area contributed by atoms with Crippen molar-refractivity contribution in [3.05, 3.63) is 42.1 Å². The van der Waals surface area contributed by atoms with Crippen LogP contribution in [0.1, 0.15) is 37.4 Å². The van der Waals surface area contributed by atoms with Gasteiger partial charge in [0.15, 0.2) is 0 Å². The number of nitrogens with zero attached hydrogens (tertiary/aromatic N) is 2. The third kappa shape index (κ3) is 2.77. The zero-order valence-corrected chi connectivity index (χ0v) is 10.4. The van der Waals surface area contributed by atoms with Gasteiger partial charge in [-0.3, -0.25) is 4.68 Å². The quantitative estimate of drug-likeness (QED) is 0.834. The van der Waals surface area contributed by atoms with Gasteiger partial charge in [0.2, 0.25) is 0 Å². The lowest BCUT2D eigenvalue weighted by molar-refractivity contribution is 0.548. The molecule has 0 aliphatic carbocycles. The molecule has 0 fully saturated rings. The van der Waals surface area contributed by atoms with Gasteiger partial charge in [-0.25, -0.2) is 0 Å². The van der Waals surface area contributed by atoms with Crippen LogP contribution in [0.2, 0.25) is 0 Å². The summed E-state index contributed by atoms with van der Waals surface area (Å²) in [6.07, 6.45) is 8.61. The van der Waals surface area contributed by atoms with Crippen molar-refractivity contribution in [3.8, 4) is 0 Å². The number of rotatable bonds is 6. The van der Waals surface area contributed by atoms with Crippen molar-refractivity contribution in [2.75, 3.05) is 6.54 Å². The first-order valence-electron chi connectivity index (χ1n) is 6.13. The molecular weight excluding hydrogens is 214 g/mol. The van der Waals surface area contributed by atoms with Crippen LogP contribution in [0.15, 0.2) is 35.4 Å². The molecule has 1 atom stereocenters. The first-order valence-corrected chi connectivity index (χ1v) is 6.13. The molecule has 2 heterocycles. The molecule has 0 radical (unpaired) electrons. The fraction of sp³-hybridized carbons (Fsp3) is 0.462. The molecule has 0 aliphatic rings. The fourth-order valence-corrected chi connectivity index (χ4v) is 1.86. The average Bonchev–Trinajstić information content (AvgIpc) is 3.00. The van der Waals surface area contributed by atoms with Crippen LogP contribution in [0.25, 0.3) is 0 Å². The molecule has 2 aromatic rings. The van der Waals surface area contributed by atoms with Crippen molar-refractivity contribution in [2.24, 2.45) is 0 Å². The van der Waals surface area contributed by atoms with Gasteiger partial charge in [0.25, 0.3) is 0 Å². The molecule has 0 aliphatic heterocycles. The Morgan fingerprint density at radius 1 is 1.41 bits per heavy atom. The van der Waals surface area contributed by atoms with Gasteiger partial charge in [-0.05, 0) is 26.0 Å². The fourth-order valence-electron chi connectivity index (χ4n) is 1.86. The Balaban J connectivity index is 2.20. The number of nitrogens with one attached hydrogen (secondary N) is 1. The van der Waals surface area contributed by atoms with Crippen LogP contribution in [0.3, 0.4) is 0 Å². The molecule has 1 N–H and O–H groups in total. The summed E-state index contributed by atoms with van der Waals surface area (Å²) in [6.45, 7) is 6.12. The third-order valence-electron chi connectivity index (χ3n) is 2.79.